The Kier molecular flexibility index (Phi) is 3.84. The van der Waals surface area contributed by atoms with Crippen molar-refractivity contribution in [2.75, 3.05) is 6.61 Å². The van der Waals surface area contributed by atoms with Crippen molar-refractivity contribution in [3.8, 4) is 11.1 Å². The van der Waals surface area contributed by atoms with Crippen LogP contribution in [-0.2, 0) is 11.8 Å². The summed E-state index contributed by atoms with van der Waals surface area (Å²) in [5.74, 6) is -0.464. The predicted molar refractivity (Wildman–Crippen MR) is 102 cm³/mol. The molecule has 130 valence electrons. The van der Waals surface area contributed by atoms with E-state index in [9.17, 15) is 9.59 Å². The van der Waals surface area contributed by atoms with Crippen LogP contribution >= 0.6 is 0 Å². The maximum atomic E-state index is 13.1. The molecule has 0 amide bonds. The average molecular weight is 346 g/mol. The van der Waals surface area contributed by atoms with Gasteiger partial charge in [0.1, 0.15) is 5.69 Å². The van der Waals surface area contributed by atoms with Crippen LogP contribution in [0, 0.1) is 0 Å². The molecule has 0 atom stereocenters. The Morgan fingerprint density at radius 3 is 2.50 bits per heavy atom. The van der Waals surface area contributed by atoms with E-state index in [0.717, 1.165) is 16.5 Å². The van der Waals surface area contributed by atoms with Crippen LogP contribution in [0.25, 0.3) is 32.9 Å². The molecule has 4 aromatic rings. The Balaban J connectivity index is 2.21. The highest BCUT2D eigenvalue weighted by molar-refractivity contribution is 6.14. The lowest BCUT2D eigenvalue weighted by molar-refractivity contribution is 0.0521. The van der Waals surface area contributed by atoms with Gasteiger partial charge in [0.15, 0.2) is 0 Å². The number of ether oxygens (including phenoxy) is 1. The van der Waals surface area contributed by atoms with Crippen molar-refractivity contribution in [1.82, 2.24) is 9.55 Å². The second-order valence-electron chi connectivity index (χ2n) is 6.09. The van der Waals surface area contributed by atoms with Gasteiger partial charge in [0.25, 0.3) is 5.56 Å². The number of rotatable bonds is 3. The molecule has 0 unspecified atom stereocenters. The van der Waals surface area contributed by atoms with Crippen molar-refractivity contribution in [2.45, 2.75) is 6.92 Å². The first-order valence-electron chi connectivity index (χ1n) is 8.49. The Bertz CT molecular complexity index is 1190. The van der Waals surface area contributed by atoms with E-state index in [0.29, 0.717) is 22.2 Å². The van der Waals surface area contributed by atoms with Gasteiger partial charge >= 0.3 is 5.97 Å². The lowest BCUT2D eigenvalue weighted by Crippen LogP contribution is -2.17. The van der Waals surface area contributed by atoms with Crippen LogP contribution in [0.2, 0.25) is 0 Å². The molecule has 0 fully saturated rings. The van der Waals surface area contributed by atoms with Crippen molar-refractivity contribution in [3.63, 3.8) is 0 Å². The highest BCUT2D eigenvalue weighted by Crippen LogP contribution is 2.34. The molecule has 26 heavy (non-hydrogen) atoms. The molecule has 0 spiro atoms. The lowest BCUT2D eigenvalue weighted by atomic mass is 10.0. The van der Waals surface area contributed by atoms with Gasteiger partial charge in [-0.05, 0) is 18.6 Å². The SMILES string of the molecule is CCOC(=O)c1[nH]c2c(c1-c1ccccc1)c(=O)n(C)c1ccccc21. The summed E-state index contributed by atoms with van der Waals surface area (Å²) in [5, 5.41) is 1.39. The minimum atomic E-state index is -0.464. The molecule has 5 nitrogen and oxygen atoms in total. The van der Waals surface area contributed by atoms with Crippen LogP contribution in [0.5, 0.6) is 0 Å². The van der Waals surface area contributed by atoms with Gasteiger partial charge in [-0.2, -0.15) is 0 Å². The number of carbonyl (C=O) groups is 1. The monoisotopic (exact) mass is 346 g/mol. The zero-order valence-corrected chi connectivity index (χ0v) is 14.6. The number of hydrogen-bond donors (Lipinski definition) is 1. The molecule has 0 aliphatic carbocycles. The van der Waals surface area contributed by atoms with Gasteiger partial charge in [-0.1, -0.05) is 48.5 Å². The van der Waals surface area contributed by atoms with Crippen LogP contribution in [0.4, 0.5) is 0 Å². The van der Waals surface area contributed by atoms with Gasteiger partial charge in [0.2, 0.25) is 0 Å². The van der Waals surface area contributed by atoms with Gasteiger partial charge in [-0.3, -0.25) is 4.79 Å². The lowest BCUT2D eigenvalue weighted by Gasteiger charge is -2.07. The predicted octanol–water partition coefficient (Wildman–Crippen LogP) is 3.86. The molecular formula is C21H18N2O3. The first-order valence-corrected chi connectivity index (χ1v) is 8.49. The van der Waals surface area contributed by atoms with Gasteiger partial charge < -0.3 is 14.3 Å². The number of aromatic nitrogens is 2. The summed E-state index contributed by atoms with van der Waals surface area (Å²) in [4.78, 5) is 28.9. The minimum absolute atomic E-state index is 0.149. The van der Waals surface area contributed by atoms with Crippen LogP contribution in [0.1, 0.15) is 17.4 Å². The Labute approximate surface area is 149 Å². The number of carbonyl (C=O) groups excluding carboxylic acids is 1. The molecule has 2 heterocycles. The minimum Gasteiger partial charge on any atom is -0.461 e. The summed E-state index contributed by atoms with van der Waals surface area (Å²) >= 11 is 0. The van der Waals surface area contributed by atoms with Gasteiger partial charge in [-0.15, -0.1) is 0 Å². The molecule has 2 aromatic heterocycles. The van der Waals surface area contributed by atoms with Gasteiger partial charge in [-0.25, -0.2) is 4.79 Å². The van der Waals surface area contributed by atoms with Crippen molar-refractivity contribution in [1.29, 1.82) is 0 Å². The number of benzene rings is 2. The van der Waals surface area contributed by atoms with Crippen molar-refractivity contribution in [3.05, 3.63) is 70.6 Å². The third-order valence-electron chi connectivity index (χ3n) is 4.60. The molecule has 5 heteroatoms. The molecule has 1 N–H and O–H groups in total. The van der Waals surface area contributed by atoms with E-state index in [4.69, 9.17) is 4.74 Å². The highest BCUT2D eigenvalue weighted by atomic mass is 16.5. The summed E-state index contributed by atoms with van der Waals surface area (Å²) in [6.45, 7) is 2.03. The summed E-state index contributed by atoms with van der Waals surface area (Å²) < 4.78 is 6.84. The first kappa shape index (κ1) is 16.1. The van der Waals surface area contributed by atoms with Gasteiger partial charge in [0, 0.05) is 18.0 Å². The number of aryl methyl sites for hydroxylation is 1. The van der Waals surface area contributed by atoms with Crippen molar-refractivity contribution < 1.29 is 9.53 Å². The molecule has 0 aliphatic rings. The molecule has 0 radical (unpaired) electrons. The molecule has 4 rings (SSSR count). The largest absolute Gasteiger partial charge is 0.461 e. The maximum absolute atomic E-state index is 13.1. The first-order chi connectivity index (χ1) is 12.6. The van der Waals surface area contributed by atoms with Gasteiger partial charge in [0.05, 0.1) is 23.0 Å². The molecule has 2 aromatic carbocycles. The Morgan fingerprint density at radius 2 is 1.77 bits per heavy atom. The average Bonchev–Trinajstić information content (AvgIpc) is 3.08. The van der Waals surface area contributed by atoms with E-state index in [1.165, 1.54) is 0 Å². The van der Waals surface area contributed by atoms with Crippen LogP contribution in [0.15, 0.2) is 59.4 Å². The number of esters is 1. The zero-order chi connectivity index (χ0) is 18.3. The third kappa shape index (κ3) is 2.32. The Morgan fingerprint density at radius 1 is 1.08 bits per heavy atom. The molecular weight excluding hydrogens is 328 g/mol. The molecule has 0 aliphatic heterocycles. The smallest absolute Gasteiger partial charge is 0.355 e. The van der Waals surface area contributed by atoms with E-state index in [-0.39, 0.29) is 12.2 Å². The van der Waals surface area contributed by atoms with E-state index < -0.39 is 5.97 Å². The summed E-state index contributed by atoms with van der Waals surface area (Å²) in [6, 6.07) is 17.1. The fourth-order valence-electron chi connectivity index (χ4n) is 3.42. The number of aromatic amines is 1. The topological polar surface area (TPSA) is 64.1 Å². The number of nitrogens with one attached hydrogen (secondary N) is 1. The second-order valence-corrected chi connectivity index (χ2v) is 6.09. The summed E-state index contributed by atoms with van der Waals surface area (Å²) in [6.07, 6.45) is 0. The van der Waals surface area contributed by atoms with Crippen molar-refractivity contribution >= 4 is 27.8 Å². The fraction of sp³-hybridized carbons (Fsp3) is 0.143. The van der Waals surface area contributed by atoms with E-state index >= 15 is 0 Å². The Hall–Kier alpha value is -3.34. The highest BCUT2D eigenvalue weighted by Gasteiger charge is 2.24. The maximum Gasteiger partial charge on any atom is 0.355 e. The number of H-pyrrole nitrogens is 1. The van der Waals surface area contributed by atoms with Crippen LogP contribution in [-0.4, -0.2) is 22.1 Å². The fourth-order valence-corrected chi connectivity index (χ4v) is 3.42. The number of nitrogens with zero attached hydrogens (tertiary/aromatic N) is 1. The van der Waals surface area contributed by atoms with Crippen LogP contribution in [0.3, 0.4) is 0 Å². The van der Waals surface area contributed by atoms with Crippen LogP contribution < -0.4 is 5.56 Å². The number of para-hydroxylation sites is 1. The normalized spacial score (nSPS) is 11.2. The third-order valence-corrected chi connectivity index (χ3v) is 4.60. The van der Waals surface area contributed by atoms with Crippen molar-refractivity contribution in [2.24, 2.45) is 7.05 Å². The molecule has 0 bridgehead atoms. The number of pyridine rings is 1. The van der Waals surface area contributed by atoms with E-state index in [2.05, 4.69) is 4.98 Å². The molecule has 0 saturated carbocycles. The number of hydrogen-bond acceptors (Lipinski definition) is 3. The number of fused-ring (bicyclic) bond motifs is 3. The van der Waals surface area contributed by atoms with E-state index in [1.807, 2.05) is 54.6 Å². The molecule has 0 saturated heterocycles. The van der Waals surface area contributed by atoms with E-state index in [1.54, 1.807) is 18.5 Å². The summed E-state index contributed by atoms with van der Waals surface area (Å²) in [5.41, 5.74) is 3.01. The quantitative estimate of drug-likeness (QED) is 0.573. The standard InChI is InChI=1S/C21H18N2O3/c1-3-26-21(25)19-16(13-9-5-4-6-10-13)17-18(22-19)14-11-7-8-12-15(14)23(2)20(17)24/h4-12,22H,3H2,1-2H3. The second kappa shape index (κ2) is 6.19. The summed E-state index contributed by atoms with van der Waals surface area (Å²) in [7, 11) is 1.75. The zero-order valence-electron chi connectivity index (χ0n) is 14.6.